The Morgan fingerprint density at radius 3 is 2.43 bits per heavy atom. The van der Waals surface area contributed by atoms with Crippen molar-refractivity contribution >= 4 is 12.4 Å². The second-order valence-electron chi connectivity index (χ2n) is 3.47. The molecule has 1 heterocycles. The SMILES string of the molecule is Cl.NC1(c2ccc(F)cc2)CCOC1. The summed E-state index contributed by atoms with van der Waals surface area (Å²) < 4.78 is 17.9. The summed E-state index contributed by atoms with van der Waals surface area (Å²) in [6, 6.07) is 6.32. The molecule has 1 aliphatic heterocycles. The lowest BCUT2D eigenvalue weighted by molar-refractivity contribution is 0.178. The molecule has 1 unspecified atom stereocenters. The van der Waals surface area contributed by atoms with E-state index in [-0.39, 0.29) is 18.2 Å². The van der Waals surface area contributed by atoms with E-state index in [4.69, 9.17) is 10.5 Å². The monoisotopic (exact) mass is 217 g/mol. The highest BCUT2D eigenvalue weighted by Crippen LogP contribution is 2.27. The molecule has 0 radical (unpaired) electrons. The summed E-state index contributed by atoms with van der Waals surface area (Å²) in [6.07, 6.45) is 0.804. The molecule has 78 valence electrons. The molecular formula is C10H13ClFNO. The molecule has 4 heteroatoms. The number of hydrogen-bond acceptors (Lipinski definition) is 2. The normalized spacial score (nSPS) is 25.9. The lowest BCUT2D eigenvalue weighted by atomic mass is 9.90. The van der Waals surface area contributed by atoms with Gasteiger partial charge in [0.15, 0.2) is 0 Å². The summed E-state index contributed by atoms with van der Waals surface area (Å²) in [6.45, 7) is 1.21. The standard InChI is InChI=1S/C10H12FNO.ClH/c11-9-3-1-8(2-4-9)10(12)5-6-13-7-10;/h1-4H,5-7,12H2;1H. The zero-order valence-corrected chi connectivity index (χ0v) is 8.52. The molecule has 0 saturated carbocycles. The van der Waals surface area contributed by atoms with Gasteiger partial charge in [-0.25, -0.2) is 4.39 Å². The third-order valence-electron chi connectivity index (χ3n) is 2.47. The molecule has 2 nitrogen and oxygen atoms in total. The van der Waals surface area contributed by atoms with E-state index in [9.17, 15) is 4.39 Å². The van der Waals surface area contributed by atoms with Crippen LogP contribution in [0.4, 0.5) is 4.39 Å². The van der Waals surface area contributed by atoms with Gasteiger partial charge in [0.05, 0.1) is 12.1 Å². The van der Waals surface area contributed by atoms with Crippen molar-refractivity contribution in [3.05, 3.63) is 35.6 Å². The van der Waals surface area contributed by atoms with Crippen LogP contribution >= 0.6 is 12.4 Å². The van der Waals surface area contributed by atoms with Crippen LogP contribution in [0.2, 0.25) is 0 Å². The maximum absolute atomic E-state index is 12.6. The van der Waals surface area contributed by atoms with E-state index in [1.54, 1.807) is 12.1 Å². The number of ether oxygens (including phenoxy) is 1. The fourth-order valence-corrected chi connectivity index (χ4v) is 1.59. The number of nitrogens with two attached hydrogens (primary N) is 1. The minimum Gasteiger partial charge on any atom is -0.379 e. The molecule has 0 bridgehead atoms. The van der Waals surface area contributed by atoms with Gasteiger partial charge in [0.2, 0.25) is 0 Å². The Bertz CT molecular complexity index is 295. The first-order chi connectivity index (χ1) is 6.21. The van der Waals surface area contributed by atoms with Gasteiger partial charge in [0.1, 0.15) is 5.82 Å². The molecule has 0 spiro atoms. The highest BCUT2D eigenvalue weighted by Gasteiger charge is 2.31. The van der Waals surface area contributed by atoms with Crippen molar-refractivity contribution in [3.8, 4) is 0 Å². The Kier molecular flexibility index (Phi) is 3.48. The predicted molar refractivity (Wildman–Crippen MR) is 54.9 cm³/mol. The van der Waals surface area contributed by atoms with Gasteiger partial charge < -0.3 is 10.5 Å². The Balaban J connectivity index is 0.000000980. The van der Waals surface area contributed by atoms with E-state index in [1.165, 1.54) is 12.1 Å². The van der Waals surface area contributed by atoms with Crippen LogP contribution in [0.1, 0.15) is 12.0 Å². The van der Waals surface area contributed by atoms with Gasteiger partial charge in [-0.3, -0.25) is 0 Å². The zero-order chi connectivity index (χ0) is 9.31. The average molecular weight is 218 g/mol. The highest BCUT2D eigenvalue weighted by atomic mass is 35.5. The first-order valence-corrected chi connectivity index (χ1v) is 4.33. The van der Waals surface area contributed by atoms with Crippen molar-refractivity contribution in [2.45, 2.75) is 12.0 Å². The molecule has 1 saturated heterocycles. The second-order valence-corrected chi connectivity index (χ2v) is 3.47. The van der Waals surface area contributed by atoms with Crippen LogP contribution < -0.4 is 5.73 Å². The topological polar surface area (TPSA) is 35.2 Å². The van der Waals surface area contributed by atoms with Crippen molar-refractivity contribution in [2.75, 3.05) is 13.2 Å². The van der Waals surface area contributed by atoms with Crippen molar-refractivity contribution < 1.29 is 9.13 Å². The minimum absolute atomic E-state index is 0. The Morgan fingerprint density at radius 2 is 1.93 bits per heavy atom. The smallest absolute Gasteiger partial charge is 0.123 e. The van der Waals surface area contributed by atoms with Crippen LogP contribution in [-0.2, 0) is 10.3 Å². The molecule has 0 aromatic heterocycles. The molecule has 2 N–H and O–H groups in total. The first kappa shape index (κ1) is 11.4. The average Bonchev–Trinajstić information content (AvgIpc) is 2.54. The third-order valence-corrected chi connectivity index (χ3v) is 2.47. The predicted octanol–water partition coefficient (Wildman–Crippen LogP) is 1.82. The lowest BCUT2D eigenvalue weighted by Gasteiger charge is -2.21. The van der Waals surface area contributed by atoms with Crippen molar-refractivity contribution in [1.82, 2.24) is 0 Å². The van der Waals surface area contributed by atoms with Gasteiger partial charge in [0, 0.05) is 6.61 Å². The summed E-state index contributed by atoms with van der Waals surface area (Å²) in [5.41, 5.74) is 6.62. The molecule has 14 heavy (non-hydrogen) atoms. The quantitative estimate of drug-likeness (QED) is 0.779. The van der Waals surface area contributed by atoms with E-state index in [0.29, 0.717) is 13.2 Å². The van der Waals surface area contributed by atoms with Gasteiger partial charge in [-0.2, -0.15) is 0 Å². The molecule has 1 fully saturated rings. The van der Waals surface area contributed by atoms with Gasteiger partial charge in [-0.1, -0.05) is 12.1 Å². The largest absolute Gasteiger partial charge is 0.379 e. The van der Waals surface area contributed by atoms with Crippen LogP contribution in [0.5, 0.6) is 0 Å². The fourth-order valence-electron chi connectivity index (χ4n) is 1.59. The van der Waals surface area contributed by atoms with Gasteiger partial charge in [-0.15, -0.1) is 12.4 Å². The summed E-state index contributed by atoms with van der Waals surface area (Å²) in [5, 5.41) is 0. The summed E-state index contributed by atoms with van der Waals surface area (Å²) in [7, 11) is 0. The molecule has 1 aromatic rings. The molecule has 1 aromatic carbocycles. The van der Waals surface area contributed by atoms with Crippen molar-refractivity contribution in [2.24, 2.45) is 5.73 Å². The van der Waals surface area contributed by atoms with Gasteiger partial charge in [0.25, 0.3) is 0 Å². The van der Waals surface area contributed by atoms with Crippen molar-refractivity contribution in [3.63, 3.8) is 0 Å². The van der Waals surface area contributed by atoms with E-state index in [1.807, 2.05) is 0 Å². The molecular weight excluding hydrogens is 205 g/mol. The van der Waals surface area contributed by atoms with Crippen LogP contribution in [0.15, 0.2) is 24.3 Å². The maximum atomic E-state index is 12.6. The number of benzene rings is 1. The molecule has 0 amide bonds. The van der Waals surface area contributed by atoms with Crippen molar-refractivity contribution in [1.29, 1.82) is 0 Å². The second kappa shape index (κ2) is 4.26. The molecule has 0 aliphatic carbocycles. The molecule has 2 rings (SSSR count). The Hall–Kier alpha value is -0.640. The Morgan fingerprint density at radius 1 is 1.29 bits per heavy atom. The molecule has 1 atom stereocenters. The third kappa shape index (κ3) is 2.05. The number of hydrogen-bond donors (Lipinski definition) is 1. The highest BCUT2D eigenvalue weighted by molar-refractivity contribution is 5.85. The summed E-state index contributed by atoms with van der Waals surface area (Å²) in [5.74, 6) is -0.230. The van der Waals surface area contributed by atoms with E-state index in [2.05, 4.69) is 0 Å². The van der Waals surface area contributed by atoms with Gasteiger partial charge in [-0.05, 0) is 24.1 Å². The Labute approximate surface area is 88.7 Å². The van der Waals surface area contributed by atoms with Gasteiger partial charge >= 0.3 is 0 Å². The van der Waals surface area contributed by atoms with E-state index in [0.717, 1.165) is 12.0 Å². The van der Waals surface area contributed by atoms with Crippen LogP contribution in [0.3, 0.4) is 0 Å². The van der Waals surface area contributed by atoms with E-state index >= 15 is 0 Å². The van der Waals surface area contributed by atoms with Crippen LogP contribution in [0, 0.1) is 5.82 Å². The number of halogens is 2. The molecule has 1 aliphatic rings. The van der Waals surface area contributed by atoms with E-state index < -0.39 is 5.54 Å². The summed E-state index contributed by atoms with van der Waals surface area (Å²) >= 11 is 0. The lowest BCUT2D eigenvalue weighted by Crippen LogP contribution is -2.36. The zero-order valence-electron chi connectivity index (χ0n) is 7.70. The summed E-state index contributed by atoms with van der Waals surface area (Å²) in [4.78, 5) is 0. The minimum atomic E-state index is -0.409. The van der Waals surface area contributed by atoms with Crippen LogP contribution in [-0.4, -0.2) is 13.2 Å². The van der Waals surface area contributed by atoms with Crippen LogP contribution in [0.25, 0.3) is 0 Å². The fraction of sp³-hybridized carbons (Fsp3) is 0.400. The first-order valence-electron chi connectivity index (χ1n) is 4.33. The number of rotatable bonds is 1. The maximum Gasteiger partial charge on any atom is 0.123 e.